The number of methoxy groups -OCH3 is 1. The molecule has 0 spiro atoms. The van der Waals surface area contributed by atoms with Gasteiger partial charge in [0.2, 0.25) is 0 Å². The summed E-state index contributed by atoms with van der Waals surface area (Å²) in [6.07, 6.45) is 0.950. The van der Waals surface area contributed by atoms with E-state index in [9.17, 15) is 0 Å². The number of guanidine groups is 1. The second-order valence-corrected chi connectivity index (χ2v) is 6.37. The Bertz CT molecular complexity index is 599. The van der Waals surface area contributed by atoms with E-state index >= 15 is 0 Å². The molecule has 0 saturated heterocycles. The van der Waals surface area contributed by atoms with Crippen LogP contribution >= 0.6 is 35.3 Å². The summed E-state index contributed by atoms with van der Waals surface area (Å²) in [6.45, 7) is 3.95. The molecule has 0 amide bonds. The second-order valence-electron chi connectivity index (χ2n) is 5.39. The number of halogens is 1. The molecule has 0 aliphatic carbocycles. The van der Waals surface area contributed by atoms with Crippen LogP contribution in [-0.4, -0.2) is 33.2 Å². The Morgan fingerprint density at radius 1 is 1.21 bits per heavy atom. The van der Waals surface area contributed by atoms with Crippen molar-refractivity contribution in [2.24, 2.45) is 4.99 Å². The molecular formula is C18H26IN3OS. The predicted molar refractivity (Wildman–Crippen MR) is 114 cm³/mol. The number of benzene rings is 1. The molecule has 0 saturated carbocycles. The quantitative estimate of drug-likeness (QED) is 0.375. The van der Waals surface area contributed by atoms with Crippen LogP contribution in [0.25, 0.3) is 0 Å². The van der Waals surface area contributed by atoms with Crippen molar-refractivity contribution in [1.82, 2.24) is 10.6 Å². The molecule has 1 aromatic heterocycles. The summed E-state index contributed by atoms with van der Waals surface area (Å²) in [5.74, 6) is 2.22. The predicted octanol–water partition coefficient (Wildman–Crippen LogP) is 3.89. The standard InChI is InChI=1S/C18H25N3OS.HI/c1-14(17-5-4-12-23-17)13-21-18(19-2)20-11-10-15-6-8-16(22-3)9-7-15;/h4-9,12,14H,10-11,13H2,1-3H3,(H2,19,20,21);1H. The molecule has 0 bridgehead atoms. The zero-order valence-corrected chi connectivity index (χ0v) is 17.6. The van der Waals surface area contributed by atoms with Gasteiger partial charge in [-0.3, -0.25) is 4.99 Å². The lowest BCUT2D eigenvalue weighted by molar-refractivity contribution is 0.414. The zero-order valence-electron chi connectivity index (χ0n) is 14.4. The molecule has 2 N–H and O–H groups in total. The Kier molecular flexibility index (Phi) is 9.78. The topological polar surface area (TPSA) is 45.7 Å². The van der Waals surface area contributed by atoms with E-state index in [0.29, 0.717) is 5.92 Å². The molecular weight excluding hydrogens is 433 g/mol. The van der Waals surface area contributed by atoms with Crippen molar-refractivity contribution in [3.05, 3.63) is 52.2 Å². The first kappa shape index (κ1) is 20.8. The summed E-state index contributed by atoms with van der Waals surface area (Å²) >= 11 is 1.80. The number of hydrogen-bond donors (Lipinski definition) is 2. The van der Waals surface area contributed by atoms with Gasteiger partial charge in [-0.1, -0.05) is 25.1 Å². The molecule has 24 heavy (non-hydrogen) atoms. The highest BCUT2D eigenvalue weighted by Gasteiger charge is 2.07. The summed E-state index contributed by atoms with van der Waals surface area (Å²) in [5, 5.41) is 8.86. The maximum Gasteiger partial charge on any atom is 0.191 e. The number of hydrogen-bond acceptors (Lipinski definition) is 3. The number of rotatable bonds is 7. The Labute approximate surface area is 165 Å². The largest absolute Gasteiger partial charge is 0.497 e. The highest BCUT2D eigenvalue weighted by atomic mass is 127. The third kappa shape index (κ3) is 6.68. The van der Waals surface area contributed by atoms with Crippen LogP contribution in [-0.2, 0) is 6.42 Å². The van der Waals surface area contributed by atoms with Gasteiger partial charge in [0.25, 0.3) is 0 Å². The summed E-state index contributed by atoms with van der Waals surface area (Å²) in [7, 11) is 3.49. The van der Waals surface area contributed by atoms with Crippen LogP contribution in [0.3, 0.4) is 0 Å². The van der Waals surface area contributed by atoms with Gasteiger partial charge in [-0.25, -0.2) is 0 Å². The van der Waals surface area contributed by atoms with Gasteiger partial charge in [0.05, 0.1) is 7.11 Å². The van der Waals surface area contributed by atoms with Crippen LogP contribution in [0, 0.1) is 0 Å². The van der Waals surface area contributed by atoms with Gasteiger partial charge in [-0.2, -0.15) is 0 Å². The lowest BCUT2D eigenvalue weighted by Gasteiger charge is -2.15. The fourth-order valence-corrected chi connectivity index (χ4v) is 3.05. The van der Waals surface area contributed by atoms with E-state index in [1.54, 1.807) is 25.5 Å². The number of thiophene rings is 1. The minimum Gasteiger partial charge on any atom is -0.497 e. The van der Waals surface area contributed by atoms with Crippen molar-refractivity contribution < 1.29 is 4.74 Å². The lowest BCUT2D eigenvalue weighted by Crippen LogP contribution is -2.39. The van der Waals surface area contributed by atoms with E-state index in [-0.39, 0.29) is 24.0 Å². The molecule has 0 aliphatic heterocycles. The fraction of sp³-hybridized carbons (Fsp3) is 0.389. The van der Waals surface area contributed by atoms with Crippen molar-refractivity contribution in [3.8, 4) is 5.75 Å². The third-order valence-corrected chi connectivity index (χ3v) is 4.80. The molecule has 6 heteroatoms. The van der Waals surface area contributed by atoms with Gasteiger partial charge in [-0.15, -0.1) is 35.3 Å². The summed E-state index contributed by atoms with van der Waals surface area (Å²) in [5.41, 5.74) is 1.28. The average Bonchev–Trinajstić information content (AvgIpc) is 3.13. The van der Waals surface area contributed by atoms with Crippen LogP contribution in [0.1, 0.15) is 23.3 Å². The van der Waals surface area contributed by atoms with E-state index in [1.807, 2.05) is 12.1 Å². The van der Waals surface area contributed by atoms with Gasteiger partial charge >= 0.3 is 0 Å². The first-order valence-electron chi connectivity index (χ1n) is 7.83. The van der Waals surface area contributed by atoms with Crippen LogP contribution in [0.15, 0.2) is 46.8 Å². The van der Waals surface area contributed by atoms with Crippen molar-refractivity contribution in [3.63, 3.8) is 0 Å². The fourth-order valence-electron chi connectivity index (χ4n) is 2.26. The molecule has 2 rings (SSSR count). The van der Waals surface area contributed by atoms with Crippen LogP contribution in [0.4, 0.5) is 0 Å². The first-order chi connectivity index (χ1) is 11.2. The molecule has 132 valence electrons. The van der Waals surface area contributed by atoms with Gasteiger partial charge < -0.3 is 15.4 Å². The summed E-state index contributed by atoms with van der Waals surface area (Å²) < 4.78 is 5.17. The Hall–Kier alpha value is -1.28. The smallest absolute Gasteiger partial charge is 0.191 e. The van der Waals surface area contributed by atoms with Crippen molar-refractivity contribution >= 4 is 41.3 Å². The van der Waals surface area contributed by atoms with Crippen molar-refractivity contribution in [2.45, 2.75) is 19.3 Å². The Morgan fingerprint density at radius 2 is 1.96 bits per heavy atom. The second kappa shape index (κ2) is 11.3. The summed E-state index contributed by atoms with van der Waals surface area (Å²) in [4.78, 5) is 5.67. The maximum absolute atomic E-state index is 5.17. The molecule has 0 fully saturated rings. The van der Waals surface area contributed by atoms with E-state index in [2.05, 4.69) is 52.2 Å². The SMILES string of the molecule is CN=C(NCCc1ccc(OC)cc1)NCC(C)c1cccs1.I. The number of aliphatic imine (C=N–C) groups is 1. The Morgan fingerprint density at radius 3 is 2.54 bits per heavy atom. The van der Waals surface area contributed by atoms with Crippen LogP contribution in [0.2, 0.25) is 0 Å². The maximum atomic E-state index is 5.17. The molecule has 4 nitrogen and oxygen atoms in total. The highest BCUT2D eigenvalue weighted by molar-refractivity contribution is 14.0. The highest BCUT2D eigenvalue weighted by Crippen LogP contribution is 2.19. The minimum absolute atomic E-state index is 0. The van der Waals surface area contributed by atoms with E-state index < -0.39 is 0 Å². The monoisotopic (exact) mass is 459 g/mol. The van der Waals surface area contributed by atoms with Gasteiger partial charge in [0.1, 0.15) is 5.75 Å². The molecule has 1 atom stereocenters. The van der Waals surface area contributed by atoms with Crippen molar-refractivity contribution in [1.29, 1.82) is 0 Å². The molecule has 1 heterocycles. The van der Waals surface area contributed by atoms with E-state index in [0.717, 1.165) is 31.2 Å². The molecule has 0 radical (unpaired) electrons. The molecule has 2 aromatic rings. The number of nitrogens with zero attached hydrogens (tertiary/aromatic N) is 1. The van der Waals surface area contributed by atoms with Gasteiger partial charge in [-0.05, 0) is 35.6 Å². The molecule has 1 unspecified atom stereocenters. The van der Waals surface area contributed by atoms with Crippen molar-refractivity contribution in [2.75, 3.05) is 27.2 Å². The van der Waals surface area contributed by atoms with Crippen LogP contribution in [0.5, 0.6) is 5.75 Å². The minimum atomic E-state index is 0. The Balaban J connectivity index is 0.00000288. The van der Waals surface area contributed by atoms with E-state index in [4.69, 9.17) is 4.74 Å². The molecule has 1 aromatic carbocycles. The van der Waals surface area contributed by atoms with Gasteiger partial charge in [0, 0.05) is 30.9 Å². The van der Waals surface area contributed by atoms with Crippen LogP contribution < -0.4 is 15.4 Å². The normalized spacial score (nSPS) is 12.2. The number of ether oxygens (including phenoxy) is 1. The van der Waals surface area contributed by atoms with Gasteiger partial charge in [0.15, 0.2) is 5.96 Å². The average molecular weight is 459 g/mol. The zero-order chi connectivity index (χ0) is 16.5. The number of nitrogens with one attached hydrogen (secondary N) is 2. The third-order valence-electron chi connectivity index (χ3n) is 3.69. The molecule has 0 aliphatic rings. The lowest BCUT2D eigenvalue weighted by atomic mass is 10.1. The first-order valence-corrected chi connectivity index (χ1v) is 8.71. The van der Waals surface area contributed by atoms with E-state index in [1.165, 1.54) is 10.4 Å². The summed E-state index contributed by atoms with van der Waals surface area (Å²) in [6, 6.07) is 12.4.